The van der Waals surface area contributed by atoms with Gasteiger partial charge in [-0.25, -0.2) is 0 Å². The molecule has 0 aromatic rings. The zero-order valence-electron chi connectivity index (χ0n) is 13.4. The minimum Gasteiger partial charge on any atom is -0.480 e. The SMILES string of the molecule is CNC(CCN(CCCCO)CCC(NC)C(=O)O)C(=O)O. The lowest BCUT2D eigenvalue weighted by Crippen LogP contribution is -2.41. The highest BCUT2D eigenvalue weighted by Crippen LogP contribution is 2.04. The number of aliphatic hydroxyl groups is 1. The summed E-state index contributed by atoms with van der Waals surface area (Å²) < 4.78 is 0. The van der Waals surface area contributed by atoms with Crippen LogP contribution in [0.25, 0.3) is 0 Å². The molecule has 0 aromatic heterocycles. The van der Waals surface area contributed by atoms with Crippen molar-refractivity contribution in [3.63, 3.8) is 0 Å². The Morgan fingerprint density at radius 2 is 1.36 bits per heavy atom. The van der Waals surface area contributed by atoms with E-state index in [0.717, 1.165) is 6.42 Å². The maximum Gasteiger partial charge on any atom is 0.320 e. The van der Waals surface area contributed by atoms with Gasteiger partial charge in [0.1, 0.15) is 12.1 Å². The van der Waals surface area contributed by atoms with Crippen LogP contribution in [0, 0.1) is 0 Å². The Bertz CT molecular complexity index is 302. The molecule has 2 atom stereocenters. The second-order valence-corrected chi connectivity index (χ2v) is 5.21. The summed E-state index contributed by atoms with van der Waals surface area (Å²) in [5.41, 5.74) is 0. The summed E-state index contributed by atoms with van der Waals surface area (Å²) in [6, 6.07) is -1.22. The first-order chi connectivity index (χ1) is 10.5. The van der Waals surface area contributed by atoms with Crippen molar-refractivity contribution >= 4 is 11.9 Å². The Hall–Kier alpha value is -1.22. The molecule has 0 radical (unpaired) electrons. The molecule has 5 N–H and O–H groups in total. The van der Waals surface area contributed by atoms with Crippen molar-refractivity contribution in [1.82, 2.24) is 15.5 Å². The maximum atomic E-state index is 11.0. The molecule has 130 valence electrons. The highest BCUT2D eigenvalue weighted by atomic mass is 16.4. The standard InChI is InChI=1S/C14H29N3O5/c1-15-11(13(19)20)5-8-17(7-3-4-10-18)9-6-12(16-2)14(21)22/h11-12,15-16,18H,3-10H2,1-2H3,(H,19,20)(H,21,22). The zero-order chi connectivity index (χ0) is 17.0. The van der Waals surface area contributed by atoms with Gasteiger partial charge in [0.2, 0.25) is 0 Å². The average molecular weight is 319 g/mol. The fourth-order valence-electron chi connectivity index (χ4n) is 2.19. The van der Waals surface area contributed by atoms with E-state index in [9.17, 15) is 9.59 Å². The van der Waals surface area contributed by atoms with E-state index >= 15 is 0 Å². The number of rotatable bonds is 14. The summed E-state index contributed by atoms with van der Waals surface area (Å²) in [5, 5.41) is 32.4. The average Bonchev–Trinajstić information content (AvgIpc) is 2.47. The number of nitrogens with zero attached hydrogens (tertiary/aromatic N) is 1. The summed E-state index contributed by atoms with van der Waals surface area (Å²) in [4.78, 5) is 24.1. The van der Waals surface area contributed by atoms with Crippen LogP contribution in [0.4, 0.5) is 0 Å². The fourth-order valence-corrected chi connectivity index (χ4v) is 2.19. The first-order valence-corrected chi connectivity index (χ1v) is 7.59. The molecule has 0 aliphatic rings. The topological polar surface area (TPSA) is 122 Å². The second kappa shape index (κ2) is 12.3. The largest absolute Gasteiger partial charge is 0.480 e. The van der Waals surface area contributed by atoms with E-state index in [4.69, 9.17) is 15.3 Å². The van der Waals surface area contributed by atoms with Crippen LogP contribution in [0.1, 0.15) is 25.7 Å². The van der Waals surface area contributed by atoms with Crippen LogP contribution in [-0.4, -0.2) is 84.6 Å². The van der Waals surface area contributed by atoms with E-state index in [1.807, 2.05) is 0 Å². The Balaban J connectivity index is 4.41. The summed E-state index contributed by atoms with van der Waals surface area (Å²) >= 11 is 0. The Kier molecular flexibility index (Phi) is 11.7. The third kappa shape index (κ3) is 8.93. The molecule has 0 aromatic carbocycles. The predicted octanol–water partition coefficient (Wildman–Crippen LogP) is -0.814. The van der Waals surface area contributed by atoms with Gasteiger partial charge in [-0.15, -0.1) is 0 Å². The van der Waals surface area contributed by atoms with Crippen molar-refractivity contribution in [1.29, 1.82) is 0 Å². The summed E-state index contributed by atoms with van der Waals surface area (Å²) in [5.74, 6) is -1.78. The number of hydrogen-bond acceptors (Lipinski definition) is 6. The highest BCUT2D eigenvalue weighted by Gasteiger charge is 2.19. The number of aliphatic hydroxyl groups excluding tert-OH is 1. The summed E-state index contributed by atoms with van der Waals surface area (Å²) in [6.07, 6.45) is 2.37. The van der Waals surface area contributed by atoms with Gasteiger partial charge >= 0.3 is 11.9 Å². The molecule has 0 aliphatic carbocycles. The van der Waals surface area contributed by atoms with Crippen molar-refractivity contribution < 1.29 is 24.9 Å². The molecule has 0 amide bonds. The van der Waals surface area contributed by atoms with Crippen molar-refractivity contribution in [3.05, 3.63) is 0 Å². The van der Waals surface area contributed by atoms with Gasteiger partial charge in [0.15, 0.2) is 0 Å². The van der Waals surface area contributed by atoms with E-state index in [-0.39, 0.29) is 6.61 Å². The van der Waals surface area contributed by atoms with E-state index in [1.54, 1.807) is 14.1 Å². The van der Waals surface area contributed by atoms with Crippen LogP contribution in [0.3, 0.4) is 0 Å². The van der Waals surface area contributed by atoms with Crippen molar-refractivity contribution in [3.8, 4) is 0 Å². The Morgan fingerprint density at radius 3 is 1.68 bits per heavy atom. The van der Waals surface area contributed by atoms with Crippen LogP contribution in [-0.2, 0) is 9.59 Å². The first kappa shape index (κ1) is 20.8. The van der Waals surface area contributed by atoms with Crippen LogP contribution in [0.15, 0.2) is 0 Å². The quantitative estimate of drug-likeness (QED) is 0.263. The molecule has 0 heterocycles. The molecule has 8 nitrogen and oxygen atoms in total. The van der Waals surface area contributed by atoms with E-state index in [0.29, 0.717) is 38.9 Å². The molecule has 0 saturated carbocycles. The van der Waals surface area contributed by atoms with Crippen molar-refractivity contribution in [2.75, 3.05) is 40.3 Å². The number of unbranched alkanes of at least 4 members (excludes halogenated alkanes) is 1. The molecule has 0 spiro atoms. The monoisotopic (exact) mass is 319 g/mol. The van der Waals surface area contributed by atoms with Gasteiger partial charge in [-0.3, -0.25) is 9.59 Å². The van der Waals surface area contributed by atoms with Gasteiger partial charge in [-0.2, -0.15) is 0 Å². The molecule has 0 saturated heterocycles. The lowest BCUT2D eigenvalue weighted by molar-refractivity contribution is -0.140. The maximum absolute atomic E-state index is 11.0. The van der Waals surface area contributed by atoms with Crippen molar-refractivity contribution in [2.24, 2.45) is 0 Å². The molecular weight excluding hydrogens is 290 g/mol. The number of carboxylic acid groups (broad SMARTS) is 2. The van der Waals surface area contributed by atoms with Gasteiger partial charge in [0.05, 0.1) is 0 Å². The van der Waals surface area contributed by atoms with Crippen LogP contribution in [0.2, 0.25) is 0 Å². The smallest absolute Gasteiger partial charge is 0.320 e. The van der Waals surface area contributed by atoms with E-state index < -0.39 is 24.0 Å². The molecule has 0 bridgehead atoms. The number of hydrogen-bond donors (Lipinski definition) is 5. The van der Waals surface area contributed by atoms with Crippen molar-refractivity contribution in [2.45, 2.75) is 37.8 Å². The minimum absolute atomic E-state index is 0.121. The number of nitrogens with one attached hydrogen (secondary N) is 2. The van der Waals surface area contributed by atoms with Gasteiger partial charge in [-0.1, -0.05) is 0 Å². The van der Waals surface area contributed by atoms with Gasteiger partial charge < -0.3 is 30.9 Å². The van der Waals surface area contributed by atoms with E-state index in [1.165, 1.54) is 0 Å². The Labute approximate surface area is 131 Å². The second-order valence-electron chi connectivity index (χ2n) is 5.21. The lowest BCUT2D eigenvalue weighted by Gasteiger charge is -2.25. The fraction of sp³-hybridized carbons (Fsp3) is 0.857. The summed E-state index contributed by atoms with van der Waals surface area (Å²) in [6.45, 7) is 1.97. The van der Waals surface area contributed by atoms with Crippen LogP contribution in [0.5, 0.6) is 0 Å². The van der Waals surface area contributed by atoms with Gasteiger partial charge in [0.25, 0.3) is 0 Å². The van der Waals surface area contributed by atoms with E-state index in [2.05, 4.69) is 15.5 Å². The number of likely N-dealkylation sites (N-methyl/N-ethyl adjacent to an activating group) is 2. The zero-order valence-corrected chi connectivity index (χ0v) is 13.4. The Morgan fingerprint density at radius 1 is 0.909 bits per heavy atom. The lowest BCUT2D eigenvalue weighted by atomic mass is 10.1. The molecule has 0 rings (SSSR count). The first-order valence-electron chi connectivity index (χ1n) is 7.59. The number of carbonyl (C=O) groups is 2. The van der Waals surface area contributed by atoms with Crippen LogP contribution < -0.4 is 10.6 Å². The molecule has 8 heteroatoms. The molecule has 2 unspecified atom stereocenters. The third-order valence-electron chi connectivity index (χ3n) is 3.64. The molecule has 0 fully saturated rings. The molecular formula is C14H29N3O5. The van der Waals surface area contributed by atoms with Gasteiger partial charge in [0, 0.05) is 19.7 Å². The normalized spacial score (nSPS) is 14.0. The number of aliphatic carboxylic acids is 2. The molecule has 0 aliphatic heterocycles. The minimum atomic E-state index is -0.892. The summed E-state index contributed by atoms with van der Waals surface area (Å²) in [7, 11) is 3.21. The van der Waals surface area contributed by atoms with Crippen LogP contribution >= 0.6 is 0 Å². The third-order valence-corrected chi connectivity index (χ3v) is 3.64. The number of carboxylic acids is 2. The predicted molar refractivity (Wildman–Crippen MR) is 83.0 cm³/mol. The molecule has 22 heavy (non-hydrogen) atoms. The highest BCUT2D eigenvalue weighted by molar-refractivity contribution is 5.73. The van der Waals surface area contributed by atoms with Gasteiger partial charge in [-0.05, 0) is 46.3 Å².